The Bertz CT molecular complexity index is 475. The monoisotopic (exact) mass is 409 g/mol. The average molecular weight is 410 g/mol. The van der Waals surface area contributed by atoms with E-state index in [9.17, 15) is 4.79 Å². The number of likely N-dealkylation sites (tertiary alicyclic amines) is 1. The highest BCUT2D eigenvalue weighted by atomic mass is 127. The molecular formula is C14H17ClINO3. The Morgan fingerprint density at radius 1 is 1.45 bits per heavy atom. The number of carbonyl (C=O) groups excluding carboxylic acids is 1. The number of nitrogens with zero attached hydrogens (tertiary/aromatic N) is 1. The maximum Gasteiger partial charge on any atom is 0.254 e. The van der Waals surface area contributed by atoms with Gasteiger partial charge in [-0.1, -0.05) is 11.6 Å². The van der Waals surface area contributed by atoms with Crippen molar-refractivity contribution in [1.82, 2.24) is 4.90 Å². The summed E-state index contributed by atoms with van der Waals surface area (Å²) in [6, 6.07) is 5.36. The lowest BCUT2D eigenvalue weighted by Crippen LogP contribution is -2.41. The van der Waals surface area contributed by atoms with Gasteiger partial charge in [-0.05, 0) is 53.6 Å². The molecule has 1 amide bonds. The number of hydrogen-bond acceptors (Lipinski definition) is 3. The van der Waals surface area contributed by atoms with E-state index in [2.05, 4.69) is 22.6 Å². The first-order valence-electron chi connectivity index (χ1n) is 6.58. The van der Waals surface area contributed by atoms with Gasteiger partial charge in [0.1, 0.15) is 0 Å². The molecule has 1 heterocycles. The minimum atomic E-state index is 0.0255. The Hall–Kier alpha value is -0.370. The molecule has 0 bridgehead atoms. The van der Waals surface area contributed by atoms with Gasteiger partial charge in [0.15, 0.2) is 0 Å². The van der Waals surface area contributed by atoms with E-state index in [1.54, 1.807) is 12.1 Å². The molecule has 1 aromatic rings. The van der Waals surface area contributed by atoms with Crippen molar-refractivity contribution in [3.8, 4) is 0 Å². The van der Waals surface area contributed by atoms with Gasteiger partial charge in [-0.15, -0.1) is 0 Å². The number of aliphatic hydroxyl groups excluding tert-OH is 1. The van der Waals surface area contributed by atoms with Gasteiger partial charge in [-0.25, -0.2) is 0 Å². The number of piperidine rings is 1. The molecule has 1 fully saturated rings. The summed E-state index contributed by atoms with van der Waals surface area (Å²) in [5.41, 5.74) is 0.660. The van der Waals surface area contributed by atoms with E-state index in [4.69, 9.17) is 21.4 Å². The number of amides is 1. The third kappa shape index (κ3) is 4.07. The van der Waals surface area contributed by atoms with Crippen LogP contribution in [0.4, 0.5) is 0 Å². The topological polar surface area (TPSA) is 49.8 Å². The van der Waals surface area contributed by atoms with Crippen molar-refractivity contribution in [3.05, 3.63) is 32.4 Å². The van der Waals surface area contributed by atoms with Crippen molar-refractivity contribution in [1.29, 1.82) is 0 Å². The van der Waals surface area contributed by atoms with E-state index in [0.29, 0.717) is 30.3 Å². The summed E-state index contributed by atoms with van der Waals surface area (Å²) in [4.78, 5) is 14.3. The summed E-state index contributed by atoms with van der Waals surface area (Å²) in [6.45, 7) is 1.76. The Balaban J connectivity index is 1.96. The lowest BCUT2D eigenvalue weighted by atomic mass is 10.1. The molecule has 0 unspecified atom stereocenters. The van der Waals surface area contributed by atoms with Crippen LogP contribution in [0.25, 0.3) is 0 Å². The summed E-state index contributed by atoms with van der Waals surface area (Å²) in [5, 5.41) is 9.32. The maximum atomic E-state index is 12.5. The zero-order valence-electron chi connectivity index (χ0n) is 11.0. The third-order valence-electron chi connectivity index (χ3n) is 3.33. The number of rotatable bonds is 4. The normalized spacial score (nSPS) is 16.4. The fourth-order valence-corrected chi connectivity index (χ4v) is 3.01. The highest BCUT2D eigenvalue weighted by Crippen LogP contribution is 2.22. The molecule has 110 valence electrons. The van der Waals surface area contributed by atoms with E-state index in [-0.39, 0.29) is 18.6 Å². The van der Waals surface area contributed by atoms with Crippen LogP contribution < -0.4 is 0 Å². The molecule has 0 saturated carbocycles. The van der Waals surface area contributed by atoms with E-state index in [0.717, 1.165) is 16.4 Å². The van der Waals surface area contributed by atoms with Crippen LogP contribution in [0.2, 0.25) is 5.02 Å². The van der Waals surface area contributed by atoms with Crippen LogP contribution in [-0.4, -0.2) is 48.3 Å². The summed E-state index contributed by atoms with van der Waals surface area (Å²) >= 11 is 8.11. The number of aliphatic hydroxyl groups is 1. The number of hydrogen-bond donors (Lipinski definition) is 1. The predicted octanol–water partition coefficient (Wildman–Crippen LogP) is 2.56. The fourth-order valence-electron chi connectivity index (χ4n) is 2.28. The molecule has 1 aromatic carbocycles. The second kappa shape index (κ2) is 7.59. The van der Waals surface area contributed by atoms with Gasteiger partial charge in [-0.2, -0.15) is 0 Å². The second-order valence-corrected chi connectivity index (χ2v) is 6.31. The Morgan fingerprint density at radius 2 is 2.15 bits per heavy atom. The van der Waals surface area contributed by atoms with Gasteiger partial charge in [0, 0.05) is 21.7 Å². The first-order chi connectivity index (χ1) is 9.61. The molecule has 0 radical (unpaired) electrons. The zero-order valence-corrected chi connectivity index (χ0v) is 13.9. The predicted molar refractivity (Wildman–Crippen MR) is 86.1 cm³/mol. The van der Waals surface area contributed by atoms with Crippen molar-refractivity contribution in [3.63, 3.8) is 0 Å². The summed E-state index contributed by atoms with van der Waals surface area (Å²) in [7, 11) is 0. The molecule has 1 aliphatic heterocycles. The lowest BCUT2D eigenvalue weighted by molar-refractivity contribution is -0.00556. The van der Waals surface area contributed by atoms with Crippen LogP contribution in [0.15, 0.2) is 18.2 Å². The van der Waals surface area contributed by atoms with Crippen LogP contribution in [0.1, 0.15) is 23.2 Å². The van der Waals surface area contributed by atoms with Gasteiger partial charge in [0.2, 0.25) is 0 Å². The molecule has 2 rings (SSSR count). The summed E-state index contributed by atoms with van der Waals surface area (Å²) in [6.07, 6.45) is 1.76. The molecule has 20 heavy (non-hydrogen) atoms. The quantitative estimate of drug-likeness (QED) is 0.778. The molecule has 1 N–H and O–H groups in total. The van der Waals surface area contributed by atoms with Crippen LogP contribution in [0.3, 0.4) is 0 Å². The van der Waals surface area contributed by atoms with Gasteiger partial charge in [-0.3, -0.25) is 4.79 Å². The number of halogens is 2. The lowest BCUT2D eigenvalue weighted by Gasteiger charge is -2.32. The number of benzene rings is 1. The molecule has 6 heteroatoms. The van der Waals surface area contributed by atoms with E-state index >= 15 is 0 Å². The second-order valence-electron chi connectivity index (χ2n) is 4.71. The highest BCUT2D eigenvalue weighted by molar-refractivity contribution is 14.1. The molecule has 0 aliphatic carbocycles. The molecule has 0 aromatic heterocycles. The standard InChI is InChI=1S/C14H17ClINO3/c15-10-1-2-13(16)12(9-10)14(19)17-5-3-11(4-6-17)20-8-7-18/h1-2,9,11,18H,3-8H2. The van der Waals surface area contributed by atoms with Gasteiger partial charge in [0.25, 0.3) is 5.91 Å². The van der Waals surface area contributed by atoms with Gasteiger partial charge < -0.3 is 14.7 Å². The van der Waals surface area contributed by atoms with E-state index < -0.39 is 0 Å². The minimum absolute atomic E-state index is 0.0255. The van der Waals surface area contributed by atoms with E-state index in [1.165, 1.54) is 0 Å². The molecule has 0 atom stereocenters. The number of carbonyl (C=O) groups is 1. The van der Waals surface area contributed by atoms with Crippen LogP contribution >= 0.6 is 34.2 Å². The first kappa shape index (κ1) is 16.0. The SMILES string of the molecule is O=C(c1cc(Cl)ccc1I)N1CCC(OCCO)CC1. The van der Waals surface area contributed by atoms with Gasteiger partial charge >= 0.3 is 0 Å². The van der Waals surface area contributed by atoms with Crippen LogP contribution in [0.5, 0.6) is 0 Å². The van der Waals surface area contributed by atoms with Crippen LogP contribution in [0, 0.1) is 3.57 Å². The Morgan fingerprint density at radius 3 is 2.80 bits per heavy atom. The Labute approximate surface area is 137 Å². The smallest absolute Gasteiger partial charge is 0.254 e. The molecular weight excluding hydrogens is 393 g/mol. The average Bonchev–Trinajstić information content (AvgIpc) is 2.47. The molecule has 0 spiro atoms. The summed E-state index contributed by atoms with van der Waals surface area (Å²) in [5.74, 6) is 0.0255. The molecule has 1 saturated heterocycles. The zero-order chi connectivity index (χ0) is 14.5. The van der Waals surface area contributed by atoms with Crippen LogP contribution in [-0.2, 0) is 4.74 Å². The molecule has 4 nitrogen and oxygen atoms in total. The van der Waals surface area contributed by atoms with Crippen molar-refractivity contribution in [2.45, 2.75) is 18.9 Å². The first-order valence-corrected chi connectivity index (χ1v) is 8.04. The number of ether oxygens (including phenoxy) is 1. The molecule has 1 aliphatic rings. The van der Waals surface area contributed by atoms with Crippen molar-refractivity contribution < 1.29 is 14.6 Å². The summed E-state index contributed by atoms with van der Waals surface area (Å²) < 4.78 is 6.41. The van der Waals surface area contributed by atoms with Gasteiger partial charge in [0.05, 0.1) is 24.9 Å². The highest BCUT2D eigenvalue weighted by Gasteiger charge is 2.25. The maximum absolute atomic E-state index is 12.5. The van der Waals surface area contributed by atoms with Crippen molar-refractivity contribution in [2.24, 2.45) is 0 Å². The van der Waals surface area contributed by atoms with Crippen molar-refractivity contribution >= 4 is 40.1 Å². The Kier molecular flexibility index (Phi) is 6.07. The minimum Gasteiger partial charge on any atom is -0.394 e. The third-order valence-corrected chi connectivity index (χ3v) is 4.51. The largest absolute Gasteiger partial charge is 0.394 e. The van der Waals surface area contributed by atoms with E-state index in [1.807, 2.05) is 11.0 Å². The fraction of sp³-hybridized carbons (Fsp3) is 0.500. The van der Waals surface area contributed by atoms with Crippen molar-refractivity contribution in [2.75, 3.05) is 26.3 Å².